The Balaban J connectivity index is 0.00000132. The van der Waals surface area contributed by atoms with E-state index in [1.807, 2.05) is 41.3 Å². The van der Waals surface area contributed by atoms with Gasteiger partial charge in [0.05, 0.1) is 5.52 Å². The molecule has 0 aliphatic carbocycles. The SMILES string of the molecule is CC1CCCN(C(=O)c2ccc3ccccc3n2)C1CN.Cl.Cl. The predicted octanol–water partition coefficient (Wildman–Crippen LogP) is 3.28. The highest BCUT2D eigenvalue weighted by Gasteiger charge is 2.31. The van der Waals surface area contributed by atoms with Crippen molar-refractivity contribution < 1.29 is 4.79 Å². The minimum absolute atomic E-state index is 0. The van der Waals surface area contributed by atoms with Gasteiger partial charge in [0.1, 0.15) is 5.69 Å². The van der Waals surface area contributed by atoms with Crippen LogP contribution >= 0.6 is 24.8 Å². The molecule has 2 aromatic rings. The maximum absolute atomic E-state index is 12.8. The van der Waals surface area contributed by atoms with Gasteiger partial charge in [0.2, 0.25) is 0 Å². The number of amides is 1. The van der Waals surface area contributed by atoms with Crippen LogP contribution in [0.25, 0.3) is 10.9 Å². The number of nitrogens with two attached hydrogens (primary N) is 1. The van der Waals surface area contributed by atoms with Gasteiger partial charge in [-0.3, -0.25) is 4.79 Å². The van der Waals surface area contributed by atoms with Crippen molar-refractivity contribution in [2.45, 2.75) is 25.8 Å². The van der Waals surface area contributed by atoms with Crippen LogP contribution in [0.3, 0.4) is 0 Å². The highest BCUT2D eigenvalue weighted by molar-refractivity contribution is 5.95. The molecule has 1 aromatic carbocycles. The number of fused-ring (bicyclic) bond motifs is 1. The Bertz CT molecular complexity index is 665. The normalized spacial score (nSPS) is 20.5. The van der Waals surface area contributed by atoms with Crippen LogP contribution < -0.4 is 5.73 Å². The Morgan fingerprint density at radius 3 is 2.74 bits per heavy atom. The summed E-state index contributed by atoms with van der Waals surface area (Å²) < 4.78 is 0. The van der Waals surface area contributed by atoms with Crippen LogP contribution in [0.1, 0.15) is 30.3 Å². The molecule has 0 spiro atoms. The summed E-state index contributed by atoms with van der Waals surface area (Å²) in [7, 11) is 0. The van der Waals surface area contributed by atoms with Crippen molar-refractivity contribution in [3.8, 4) is 0 Å². The van der Waals surface area contributed by atoms with E-state index in [1.165, 1.54) is 0 Å². The molecule has 3 rings (SSSR count). The third kappa shape index (κ3) is 3.94. The maximum Gasteiger partial charge on any atom is 0.272 e. The summed E-state index contributed by atoms with van der Waals surface area (Å²) in [4.78, 5) is 19.2. The summed E-state index contributed by atoms with van der Waals surface area (Å²) in [6.45, 7) is 3.46. The lowest BCUT2D eigenvalue weighted by atomic mass is 9.90. The second-order valence-electron chi connectivity index (χ2n) is 5.81. The molecule has 23 heavy (non-hydrogen) atoms. The number of carbonyl (C=O) groups excluding carboxylic acids is 1. The van der Waals surface area contributed by atoms with Gasteiger partial charge in [0, 0.05) is 24.5 Å². The molecule has 1 fully saturated rings. The van der Waals surface area contributed by atoms with Crippen LogP contribution in [0.4, 0.5) is 0 Å². The Kier molecular flexibility index (Phi) is 7.26. The van der Waals surface area contributed by atoms with E-state index in [0.29, 0.717) is 18.2 Å². The Labute approximate surface area is 149 Å². The van der Waals surface area contributed by atoms with Crippen molar-refractivity contribution in [2.75, 3.05) is 13.1 Å². The highest BCUT2D eigenvalue weighted by atomic mass is 35.5. The number of aromatic nitrogens is 1. The molecule has 2 unspecified atom stereocenters. The van der Waals surface area contributed by atoms with Crippen LogP contribution in [0.5, 0.6) is 0 Å². The van der Waals surface area contributed by atoms with Crippen LogP contribution in [0, 0.1) is 5.92 Å². The van der Waals surface area contributed by atoms with Gasteiger partial charge in [-0.05, 0) is 30.9 Å². The molecule has 1 aliphatic heterocycles. The highest BCUT2D eigenvalue weighted by Crippen LogP contribution is 2.24. The lowest BCUT2D eigenvalue weighted by Crippen LogP contribution is -2.51. The minimum atomic E-state index is 0. The van der Waals surface area contributed by atoms with Crippen LogP contribution in [-0.4, -0.2) is 34.9 Å². The summed E-state index contributed by atoms with van der Waals surface area (Å²) >= 11 is 0. The number of likely N-dealkylation sites (tertiary alicyclic amines) is 1. The molecule has 1 amide bonds. The third-order valence-electron chi connectivity index (χ3n) is 4.44. The monoisotopic (exact) mass is 355 g/mol. The molecule has 126 valence electrons. The molecular weight excluding hydrogens is 333 g/mol. The quantitative estimate of drug-likeness (QED) is 0.898. The fourth-order valence-corrected chi connectivity index (χ4v) is 3.19. The second kappa shape index (κ2) is 8.48. The lowest BCUT2D eigenvalue weighted by molar-refractivity contribution is 0.0527. The van der Waals surface area contributed by atoms with Gasteiger partial charge in [-0.25, -0.2) is 4.98 Å². The molecule has 1 aromatic heterocycles. The third-order valence-corrected chi connectivity index (χ3v) is 4.44. The predicted molar refractivity (Wildman–Crippen MR) is 98.5 cm³/mol. The van der Waals surface area contributed by atoms with Crippen molar-refractivity contribution in [1.29, 1.82) is 0 Å². The largest absolute Gasteiger partial charge is 0.333 e. The van der Waals surface area contributed by atoms with E-state index in [2.05, 4.69) is 11.9 Å². The summed E-state index contributed by atoms with van der Waals surface area (Å²) in [5.74, 6) is 0.455. The molecule has 0 radical (unpaired) electrons. The Hall–Kier alpha value is -1.36. The van der Waals surface area contributed by atoms with Gasteiger partial charge in [-0.1, -0.05) is 31.2 Å². The number of piperidine rings is 1. The summed E-state index contributed by atoms with van der Waals surface area (Å²) in [5.41, 5.74) is 7.25. The number of benzene rings is 1. The van der Waals surface area contributed by atoms with Crippen molar-refractivity contribution >= 4 is 41.6 Å². The molecular formula is C17H23Cl2N3O. The molecule has 1 aliphatic rings. The van der Waals surface area contributed by atoms with E-state index >= 15 is 0 Å². The first-order chi connectivity index (χ1) is 10.2. The van der Waals surface area contributed by atoms with Crippen LogP contribution in [0.15, 0.2) is 36.4 Å². The van der Waals surface area contributed by atoms with E-state index in [-0.39, 0.29) is 36.8 Å². The smallest absolute Gasteiger partial charge is 0.272 e. The van der Waals surface area contributed by atoms with Gasteiger partial charge < -0.3 is 10.6 Å². The number of carbonyl (C=O) groups is 1. The van der Waals surface area contributed by atoms with Gasteiger partial charge in [-0.2, -0.15) is 0 Å². The van der Waals surface area contributed by atoms with E-state index in [1.54, 1.807) is 0 Å². The van der Waals surface area contributed by atoms with E-state index in [0.717, 1.165) is 30.3 Å². The van der Waals surface area contributed by atoms with Crippen LogP contribution in [0.2, 0.25) is 0 Å². The van der Waals surface area contributed by atoms with Crippen molar-refractivity contribution in [1.82, 2.24) is 9.88 Å². The average molecular weight is 356 g/mol. The Morgan fingerprint density at radius 2 is 2.00 bits per heavy atom. The summed E-state index contributed by atoms with van der Waals surface area (Å²) in [5, 5.41) is 1.05. The van der Waals surface area contributed by atoms with Crippen molar-refractivity contribution in [3.63, 3.8) is 0 Å². The van der Waals surface area contributed by atoms with Gasteiger partial charge in [0.15, 0.2) is 0 Å². The zero-order valence-electron chi connectivity index (χ0n) is 13.1. The summed E-state index contributed by atoms with van der Waals surface area (Å²) in [6.07, 6.45) is 2.17. The number of nitrogens with zero attached hydrogens (tertiary/aromatic N) is 2. The van der Waals surface area contributed by atoms with Crippen LogP contribution in [-0.2, 0) is 0 Å². The lowest BCUT2D eigenvalue weighted by Gasteiger charge is -2.39. The topological polar surface area (TPSA) is 59.2 Å². The maximum atomic E-state index is 12.8. The number of rotatable bonds is 2. The Morgan fingerprint density at radius 1 is 1.26 bits per heavy atom. The molecule has 2 atom stereocenters. The van der Waals surface area contributed by atoms with E-state index in [9.17, 15) is 4.79 Å². The van der Waals surface area contributed by atoms with Gasteiger partial charge in [-0.15, -0.1) is 24.8 Å². The first-order valence-electron chi connectivity index (χ1n) is 7.57. The molecule has 1 saturated heterocycles. The van der Waals surface area contributed by atoms with Gasteiger partial charge in [0.25, 0.3) is 5.91 Å². The standard InChI is InChI=1S/C17H21N3O.2ClH/c1-12-5-4-10-20(16(12)11-18)17(21)15-9-8-13-6-2-3-7-14(13)19-15;;/h2-3,6-9,12,16H,4-5,10-11,18H2,1H3;2*1H. The summed E-state index contributed by atoms with van der Waals surface area (Å²) in [6, 6.07) is 11.8. The second-order valence-corrected chi connectivity index (χ2v) is 5.81. The average Bonchev–Trinajstić information content (AvgIpc) is 2.53. The zero-order valence-corrected chi connectivity index (χ0v) is 14.8. The zero-order chi connectivity index (χ0) is 14.8. The molecule has 0 saturated carbocycles. The van der Waals surface area contributed by atoms with Gasteiger partial charge >= 0.3 is 0 Å². The van der Waals surface area contributed by atoms with Crippen molar-refractivity contribution in [3.05, 3.63) is 42.1 Å². The molecule has 6 heteroatoms. The molecule has 4 nitrogen and oxygen atoms in total. The van der Waals surface area contributed by atoms with E-state index in [4.69, 9.17) is 5.73 Å². The fourth-order valence-electron chi connectivity index (χ4n) is 3.19. The number of halogens is 2. The number of para-hydroxylation sites is 1. The van der Waals surface area contributed by atoms with E-state index < -0.39 is 0 Å². The number of pyridine rings is 1. The minimum Gasteiger partial charge on any atom is -0.333 e. The first kappa shape index (κ1) is 19.7. The number of hydrogen-bond donors (Lipinski definition) is 1. The van der Waals surface area contributed by atoms with Crippen molar-refractivity contribution in [2.24, 2.45) is 11.7 Å². The molecule has 2 heterocycles. The molecule has 0 bridgehead atoms. The fraction of sp³-hybridized carbons (Fsp3) is 0.412. The molecule has 2 N–H and O–H groups in total. The number of hydrogen-bond acceptors (Lipinski definition) is 3. The first-order valence-corrected chi connectivity index (χ1v) is 7.57.